The van der Waals surface area contributed by atoms with Crippen LogP contribution in [0.1, 0.15) is 78.1 Å². The normalized spacial score (nSPS) is 16.5. The van der Waals surface area contributed by atoms with Crippen molar-refractivity contribution in [2.45, 2.75) is 96.4 Å². The first kappa shape index (κ1) is 17.9. The van der Waals surface area contributed by atoms with E-state index >= 15 is 0 Å². The molecule has 0 fully saturated rings. The van der Waals surface area contributed by atoms with Gasteiger partial charge in [0.25, 0.3) is 0 Å². The van der Waals surface area contributed by atoms with E-state index in [-0.39, 0.29) is 18.3 Å². The molecule has 0 radical (unpaired) electrons. The summed E-state index contributed by atoms with van der Waals surface area (Å²) in [6, 6.07) is 0. The molecule has 0 heterocycles. The molecule has 0 aromatic heterocycles. The van der Waals surface area contributed by atoms with E-state index in [2.05, 4.69) is 13.8 Å². The third-order valence-electron chi connectivity index (χ3n) is 3.45. The van der Waals surface area contributed by atoms with E-state index in [0.717, 1.165) is 38.5 Å². The van der Waals surface area contributed by atoms with Crippen LogP contribution in [0, 0.1) is 0 Å². The number of hydrogen-bond donors (Lipinski definition) is 3. The van der Waals surface area contributed by atoms with E-state index in [4.69, 9.17) is 0 Å². The zero-order valence-electron chi connectivity index (χ0n) is 12.1. The summed E-state index contributed by atoms with van der Waals surface area (Å²) < 4.78 is 0. The summed E-state index contributed by atoms with van der Waals surface area (Å²) in [5.74, 6) is 0. The summed E-state index contributed by atoms with van der Waals surface area (Å²) in [6.45, 7) is 4.22. The van der Waals surface area contributed by atoms with E-state index in [0.29, 0.717) is 25.7 Å². The fraction of sp³-hybridized carbons (Fsp3) is 1.00. The van der Waals surface area contributed by atoms with Crippen molar-refractivity contribution < 1.29 is 15.3 Å². The predicted octanol–water partition coefficient (Wildman–Crippen LogP) is 3.01. The molecule has 0 bridgehead atoms. The van der Waals surface area contributed by atoms with Gasteiger partial charge in [0.15, 0.2) is 0 Å². The Kier molecular flexibility index (Phi) is 11.9. The van der Waals surface area contributed by atoms with Crippen LogP contribution in [-0.4, -0.2) is 33.6 Å². The highest BCUT2D eigenvalue weighted by Gasteiger charge is 2.11. The molecule has 0 aromatic carbocycles. The van der Waals surface area contributed by atoms with Crippen LogP contribution >= 0.6 is 0 Å². The van der Waals surface area contributed by atoms with Gasteiger partial charge in [0.1, 0.15) is 0 Å². The zero-order chi connectivity index (χ0) is 13.8. The number of hydrogen-bond acceptors (Lipinski definition) is 3. The van der Waals surface area contributed by atoms with Gasteiger partial charge in [-0.05, 0) is 38.5 Å². The Bertz CT molecular complexity index is 155. The number of unbranched alkanes of at least 4 members (excludes halogenated alkanes) is 2. The van der Waals surface area contributed by atoms with Gasteiger partial charge in [-0.1, -0.05) is 39.5 Å². The molecule has 0 amide bonds. The average molecular weight is 260 g/mol. The van der Waals surface area contributed by atoms with E-state index < -0.39 is 0 Å². The molecule has 18 heavy (non-hydrogen) atoms. The van der Waals surface area contributed by atoms with Crippen molar-refractivity contribution in [3.63, 3.8) is 0 Å². The van der Waals surface area contributed by atoms with Crippen molar-refractivity contribution in [1.82, 2.24) is 0 Å². The molecule has 0 spiro atoms. The highest BCUT2D eigenvalue weighted by atomic mass is 16.3. The average Bonchev–Trinajstić information content (AvgIpc) is 2.37. The molecule has 0 rings (SSSR count). The van der Waals surface area contributed by atoms with Crippen LogP contribution in [0.5, 0.6) is 0 Å². The van der Waals surface area contributed by atoms with Crippen molar-refractivity contribution >= 4 is 0 Å². The van der Waals surface area contributed by atoms with Crippen LogP contribution in [0.15, 0.2) is 0 Å². The number of rotatable bonds is 12. The lowest BCUT2D eigenvalue weighted by Gasteiger charge is -2.16. The Balaban J connectivity index is 3.49. The van der Waals surface area contributed by atoms with Gasteiger partial charge < -0.3 is 15.3 Å². The van der Waals surface area contributed by atoms with E-state index in [1.807, 2.05) is 0 Å². The minimum atomic E-state index is -0.377. The van der Waals surface area contributed by atoms with Crippen molar-refractivity contribution in [1.29, 1.82) is 0 Å². The summed E-state index contributed by atoms with van der Waals surface area (Å²) in [5.41, 5.74) is 0. The van der Waals surface area contributed by atoms with Crippen LogP contribution < -0.4 is 0 Å². The molecule has 0 saturated heterocycles. The zero-order valence-corrected chi connectivity index (χ0v) is 12.1. The smallest absolute Gasteiger partial charge is 0.0542 e. The Morgan fingerprint density at radius 3 is 1.11 bits per heavy atom. The summed E-state index contributed by atoms with van der Waals surface area (Å²) >= 11 is 0. The van der Waals surface area contributed by atoms with Gasteiger partial charge in [0, 0.05) is 0 Å². The first-order chi connectivity index (χ1) is 8.60. The summed E-state index contributed by atoms with van der Waals surface area (Å²) in [5, 5.41) is 29.1. The van der Waals surface area contributed by atoms with E-state index in [1.54, 1.807) is 0 Å². The largest absolute Gasteiger partial charge is 0.393 e. The molecule has 2 atom stereocenters. The molecule has 0 saturated carbocycles. The molecule has 0 aliphatic rings. The van der Waals surface area contributed by atoms with Crippen LogP contribution in [-0.2, 0) is 0 Å². The Labute approximate surface area is 112 Å². The molecule has 2 unspecified atom stereocenters. The molecule has 110 valence electrons. The lowest BCUT2D eigenvalue weighted by molar-refractivity contribution is 0.0826. The van der Waals surface area contributed by atoms with Crippen molar-refractivity contribution in [2.24, 2.45) is 0 Å². The second-order valence-electron chi connectivity index (χ2n) is 5.40. The van der Waals surface area contributed by atoms with Crippen LogP contribution in [0.3, 0.4) is 0 Å². The first-order valence-electron chi connectivity index (χ1n) is 7.64. The maximum atomic E-state index is 9.78. The lowest BCUT2D eigenvalue weighted by atomic mass is 10.00. The summed E-state index contributed by atoms with van der Waals surface area (Å²) in [6.07, 6.45) is 7.68. The van der Waals surface area contributed by atoms with Gasteiger partial charge in [0.05, 0.1) is 18.3 Å². The summed E-state index contributed by atoms with van der Waals surface area (Å²) in [7, 11) is 0. The minimum absolute atomic E-state index is 0.274. The van der Waals surface area contributed by atoms with Crippen molar-refractivity contribution in [3.8, 4) is 0 Å². The second-order valence-corrected chi connectivity index (χ2v) is 5.40. The molecule has 3 nitrogen and oxygen atoms in total. The summed E-state index contributed by atoms with van der Waals surface area (Å²) in [4.78, 5) is 0. The molecular formula is C15H32O3. The molecule has 3 N–H and O–H groups in total. The lowest BCUT2D eigenvalue weighted by Crippen LogP contribution is -2.16. The quantitative estimate of drug-likeness (QED) is 0.505. The third kappa shape index (κ3) is 11.0. The molecule has 3 heteroatoms. The van der Waals surface area contributed by atoms with Crippen LogP contribution in [0.25, 0.3) is 0 Å². The Morgan fingerprint density at radius 2 is 0.833 bits per heavy atom. The fourth-order valence-corrected chi connectivity index (χ4v) is 2.08. The standard InChI is InChI=1S/C15H32O3/c1-3-5-7-13(16)9-11-15(18)12-10-14(17)8-6-4-2/h13-18H,3-12H2,1-2H3. The van der Waals surface area contributed by atoms with Gasteiger partial charge >= 0.3 is 0 Å². The van der Waals surface area contributed by atoms with Crippen molar-refractivity contribution in [3.05, 3.63) is 0 Å². The molecular weight excluding hydrogens is 228 g/mol. The maximum Gasteiger partial charge on any atom is 0.0542 e. The highest BCUT2D eigenvalue weighted by molar-refractivity contribution is 4.64. The predicted molar refractivity (Wildman–Crippen MR) is 75.5 cm³/mol. The number of aliphatic hydroxyl groups is 3. The molecule has 0 aliphatic carbocycles. The van der Waals surface area contributed by atoms with E-state index in [1.165, 1.54) is 0 Å². The van der Waals surface area contributed by atoms with E-state index in [9.17, 15) is 15.3 Å². The molecule has 0 aromatic rings. The third-order valence-corrected chi connectivity index (χ3v) is 3.45. The Hall–Kier alpha value is -0.120. The van der Waals surface area contributed by atoms with Gasteiger partial charge in [-0.25, -0.2) is 0 Å². The van der Waals surface area contributed by atoms with Gasteiger partial charge in [0.2, 0.25) is 0 Å². The minimum Gasteiger partial charge on any atom is -0.393 e. The van der Waals surface area contributed by atoms with Crippen molar-refractivity contribution in [2.75, 3.05) is 0 Å². The van der Waals surface area contributed by atoms with Crippen LogP contribution in [0.4, 0.5) is 0 Å². The second kappa shape index (κ2) is 11.9. The first-order valence-corrected chi connectivity index (χ1v) is 7.64. The topological polar surface area (TPSA) is 60.7 Å². The monoisotopic (exact) mass is 260 g/mol. The molecule has 0 aliphatic heterocycles. The SMILES string of the molecule is CCCCC(O)CCC(O)CCC(O)CCCC. The Morgan fingerprint density at radius 1 is 0.556 bits per heavy atom. The number of aliphatic hydroxyl groups excluding tert-OH is 3. The maximum absolute atomic E-state index is 9.78. The fourth-order valence-electron chi connectivity index (χ4n) is 2.08. The van der Waals surface area contributed by atoms with Gasteiger partial charge in [-0.3, -0.25) is 0 Å². The van der Waals surface area contributed by atoms with Gasteiger partial charge in [-0.2, -0.15) is 0 Å². The highest BCUT2D eigenvalue weighted by Crippen LogP contribution is 2.14. The van der Waals surface area contributed by atoms with Gasteiger partial charge in [-0.15, -0.1) is 0 Å². The van der Waals surface area contributed by atoms with Crippen LogP contribution in [0.2, 0.25) is 0 Å².